The predicted molar refractivity (Wildman–Crippen MR) is 48.6 cm³/mol. The van der Waals surface area contributed by atoms with Crippen LogP contribution in [0.5, 0.6) is 0 Å². The number of carbonyl (C=O) groups is 1. The van der Waals surface area contributed by atoms with E-state index in [0.29, 0.717) is 15.9 Å². The van der Waals surface area contributed by atoms with Gasteiger partial charge in [0.05, 0.1) is 16.9 Å². The highest BCUT2D eigenvalue weighted by molar-refractivity contribution is 6.36. The molecule has 3 nitrogen and oxygen atoms in total. The minimum atomic E-state index is -0.193. The van der Waals surface area contributed by atoms with Crippen LogP contribution in [0.25, 0.3) is 0 Å². The first-order valence-corrected chi connectivity index (χ1v) is 3.94. The number of rotatable bonds is 1. The summed E-state index contributed by atoms with van der Waals surface area (Å²) < 4.78 is 0. The predicted octanol–water partition coefficient (Wildman–Crippen LogP) is 2.35. The van der Waals surface area contributed by atoms with E-state index in [2.05, 4.69) is 10.3 Å². The molecule has 0 bridgehead atoms. The van der Waals surface area contributed by atoms with Crippen LogP contribution in [0.3, 0.4) is 0 Å². The zero-order valence-electron chi connectivity index (χ0n) is 6.27. The van der Waals surface area contributed by atoms with Gasteiger partial charge in [-0.15, -0.1) is 0 Å². The largest absolute Gasteiger partial charge is 0.324 e. The van der Waals surface area contributed by atoms with E-state index in [4.69, 9.17) is 23.2 Å². The molecule has 1 rings (SSSR count). The molecule has 0 fully saturated rings. The van der Waals surface area contributed by atoms with Crippen LogP contribution in [0.1, 0.15) is 6.92 Å². The van der Waals surface area contributed by atoms with Crippen molar-refractivity contribution < 1.29 is 4.79 Å². The summed E-state index contributed by atoms with van der Waals surface area (Å²) >= 11 is 11.3. The van der Waals surface area contributed by atoms with E-state index in [-0.39, 0.29) is 5.91 Å². The summed E-state index contributed by atoms with van der Waals surface area (Å²) in [5.74, 6) is -0.193. The van der Waals surface area contributed by atoms with Gasteiger partial charge in [-0.3, -0.25) is 4.79 Å². The number of hydrogen-bond donors (Lipinski definition) is 1. The molecule has 0 aromatic carbocycles. The van der Waals surface area contributed by atoms with Crippen LogP contribution in [0, 0.1) is 0 Å². The molecule has 0 radical (unpaired) electrons. The number of aromatic nitrogens is 1. The lowest BCUT2D eigenvalue weighted by atomic mass is 10.4. The second-order valence-corrected chi connectivity index (χ2v) is 2.96. The molecule has 1 amide bonds. The van der Waals surface area contributed by atoms with Gasteiger partial charge in [0.25, 0.3) is 0 Å². The van der Waals surface area contributed by atoms with Gasteiger partial charge in [-0.2, -0.15) is 0 Å². The summed E-state index contributed by atoms with van der Waals surface area (Å²) in [5.41, 5.74) is 0.466. The number of halogens is 2. The third-order valence-electron chi connectivity index (χ3n) is 1.13. The Morgan fingerprint density at radius 1 is 1.58 bits per heavy atom. The molecule has 1 aromatic heterocycles. The first-order chi connectivity index (χ1) is 5.59. The lowest BCUT2D eigenvalue weighted by molar-refractivity contribution is -0.114. The Bertz CT molecular complexity index is 314. The maximum atomic E-state index is 10.6. The number of hydrogen-bond acceptors (Lipinski definition) is 2. The summed E-state index contributed by atoms with van der Waals surface area (Å²) in [6, 6.07) is 1.47. The molecular formula is C7H6Cl2N2O. The molecule has 1 aromatic rings. The Hall–Kier alpha value is -0.800. The van der Waals surface area contributed by atoms with Crippen LogP contribution < -0.4 is 5.32 Å². The molecule has 0 saturated heterocycles. The normalized spacial score (nSPS) is 9.58. The van der Waals surface area contributed by atoms with Crippen LogP contribution >= 0.6 is 23.2 Å². The average Bonchev–Trinajstić information content (AvgIpc) is 1.94. The molecular weight excluding hydrogens is 199 g/mol. The van der Waals surface area contributed by atoms with Crippen LogP contribution in [-0.2, 0) is 4.79 Å². The number of nitrogens with zero attached hydrogens (tertiary/aromatic N) is 1. The molecule has 0 aliphatic carbocycles. The Kier molecular flexibility index (Phi) is 2.89. The summed E-state index contributed by atoms with van der Waals surface area (Å²) in [7, 11) is 0. The maximum absolute atomic E-state index is 10.6. The maximum Gasteiger partial charge on any atom is 0.221 e. The van der Waals surface area contributed by atoms with E-state index in [9.17, 15) is 4.79 Å². The fraction of sp³-hybridized carbons (Fsp3) is 0.143. The summed E-state index contributed by atoms with van der Waals surface area (Å²) in [6.45, 7) is 1.39. The van der Waals surface area contributed by atoms with Gasteiger partial charge >= 0.3 is 0 Å². The Balaban J connectivity index is 2.93. The third kappa shape index (κ3) is 2.36. The van der Waals surface area contributed by atoms with E-state index in [1.54, 1.807) is 0 Å². The molecule has 0 unspecified atom stereocenters. The van der Waals surface area contributed by atoms with Gasteiger partial charge in [0.15, 0.2) is 0 Å². The van der Waals surface area contributed by atoms with Crippen LogP contribution in [0.4, 0.5) is 5.69 Å². The fourth-order valence-electron chi connectivity index (χ4n) is 0.689. The molecule has 12 heavy (non-hydrogen) atoms. The van der Waals surface area contributed by atoms with Crippen LogP contribution in [-0.4, -0.2) is 10.9 Å². The molecule has 0 saturated carbocycles. The Morgan fingerprint density at radius 3 is 2.75 bits per heavy atom. The summed E-state index contributed by atoms with van der Waals surface area (Å²) in [4.78, 5) is 14.4. The van der Waals surface area contributed by atoms with Crippen molar-refractivity contribution in [3.05, 3.63) is 22.4 Å². The van der Waals surface area contributed by atoms with Gasteiger partial charge in [0.1, 0.15) is 5.15 Å². The topological polar surface area (TPSA) is 42.0 Å². The number of carbonyl (C=O) groups excluding carboxylic acids is 1. The van der Waals surface area contributed by atoms with Gasteiger partial charge in [0.2, 0.25) is 5.91 Å². The zero-order valence-corrected chi connectivity index (χ0v) is 7.78. The molecule has 5 heteroatoms. The molecule has 1 N–H and O–H groups in total. The minimum absolute atomic E-state index is 0.193. The van der Waals surface area contributed by atoms with Crippen molar-refractivity contribution in [3.8, 4) is 0 Å². The first kappa shape index (κ1) is 9.29. The van der Waals surface area contributed by atoms with Gasteiger partial charge in [0, 0.05) is 6.92 Å². The first-order valence-electron chi connectivity index (χ1n) is 3.18. The van der Waals surface area contributed by atoms with Crippen molar-refractivity contribution in [1.82, 2.24) is 4.98 Å². The fourth-order valence-corrected chi connectivity index (χ4v) is 1.10. The van der Waals surface area contributed by atoms with Crippen molar-refractivity contribution in [3.63, 3.8) is 0 Å². The van der Waals surface area contributed by atoms with E-state index in [1.165, 1.54) is 19.2 Å². The lowest BCUT2D eigenvalue weighted by Gasteiger charge is -2.02. The molecule has 0 aliphatic rings. The molecule has 1 heterocycles. The van der Waals surface area contributed by atoms with Crippen molar-refractivity contribution in [2.24, 2.45) is 0 Å². The highest BCUT2D eigenvalue weighted by Crippen LogP contribution is 2.22. The lowest BCUT2D eigenvalue weighted by Crippen LogP contribution is -2.06. The second kappa shape index (κ2) is 3.74. The number of pyridine rings is 1. The second-order valence-electron chi connectivity index (χ2n) is 2.17. The number of nitrogens with one attached hydrogen (secondary N) is 1. The quantitative estimate of drug-likeness (QED) is 0.715. The van der Waals surface area contributed by atoms with E-state index < -0.39 is 0 Å². The number of amides is 1. The average molecular weight is 205 g/mol. The van der Waals surface area contributed by atoms with Gasteiger partial charge in [-0.25, -0.2) is 4.98 Å². The Morgan fingerprint density at radius 2 is 2.25 bits per heavy atom. The van der Waals surface area contributed by atoms with Gasteiger partial charge < -0.3 is 5.32 Å². The number of anilines is 1. The van der Waals surface area contributed by atoms with Crippen molar-refractivity contribution in [2.75, 3.05) is 5.32 Å². The SMILES string of the molecule is CC(=O)Nc1cnc(Cl)cc1Cl. The van der Waals surface area contributed by atoms with E-state index >= 15 is 0 Å². The van der Waals surface area contributed by atoms with Crippen molar-refractivity contribution in [2.45, 2.75) is 6.92 Å². The molecule has 0 atom stereocenters. The highest BCUT2D eigenvalue weighted by atomic mass is 35.5. The van der Waals surface area contributed by atoms with E-state index in [0.717, 1.165) is 0 Å². The molecule has 0 spiro atoms. The standard InChI is InChI=1S/C7H6Cl2N2O/c1-4(12)11-6-3-10-7(9)2-5(6)8/h2-3H,1H3,(H,11,12). The molecule has 0 aliphatic heterocycles. The summed E-state index contributed by atoms with van der Waals surface area (Å²) in [5, 5.41) is 3.19. The Labute approximate surface area is 79.7 Å². The monoisotopic (exact) mass is 204 g/mol. The zero-order chi connectivity index (χ0) is 9.14. The molecule has 64 valence electrons. The van der Waals surface area contributed by atoms with Crippen molar-refractivity contribution >= 4 is 34.8 Å². The van der Waals surface area contributed by atoms with E-state index in [1.807, 2.05) is 0 Å². The van der Waals surface area contributed by atoms with Crippen LogP contribution in [0.15, 0.2) is 12.3 Å². The third-order valence-corrected chi connectivity index (χ3v) is 1.65. The smallest absolute Gasteiger partial charge is 0.221 e. The van der Waals surface area contributed by atoms with Gasteiger partial charge in [-0.1, -0.05) is 23.2 Å². The van der Waals surface area contributed by atoms with Crippen LogP contribution in [0.2, 0.25) is 10.2 Å². The minimum Gasteiger partial charge on any atom is -0.324 e. The van der Waals surface area contributed by atoms with Gasteiger partial charge in [-0.05, 0) is 6.07 Å². The van der Waals surface area contributed by atoms with Crippen molar-refractivity contribution in [1.29, 1.82) is 0 Å². The summed E-state index contributed by atoms with van der Waals surface area (Å²) in [6.07, 6.45) is 1.41. The highest BCUT2D eigenvalue weighted by Gasteiger charge is 2.02.